The lowest BCUT2D eigenvalue weighted by Crippen LogP contribution is -2.25. The summed E-state index contributed by atoms with van der Waals surface area (Å²) in [6.45, 7) is 11.3. The van der Waals surface area contributed by atoms with E-state index in [2.05, 4.69) is 31.1 Å². The van der Waals surface area contributed by atoms with Crippen LogP contribution < -0.4 is 10.1 Å². The van der Waals surface area contributed by atoms with Crippen LogP contribution in [-0.4, -0.2) is 24.7 Å². The summed E-state index contributed by atoms with van der Waals surface area (Å²) >= 11 is 0. The first kappa shape index (κ1) is 14.0. The van der Waals surface area contributed by atoms with Gasteiger partial charge in [0.05, 0.1) is 5.69 Å². The monoisotopic (exact) mass is 236 g/mol. The molecule has 1 aromatic heterocycles. The first-order valence-electron chi connectivity index (χ1n) is 6.24. The number of pyridine rings is 1. The van der Waals surface area contributed by atoms with E-state index in [0.717, 1.165) is 24.5 Å². The number of hydrogen-bond acceptors (Lipinski definition) is 3. The number of nitrogens with zero attached hydrogens (tertiary/aromatic N) is 1. The van der Waals surface area contributed by atoms with E-state index in [1.807, 2.05) is 19.1 Å². The molecule has 0 spiro atoms. The van der Waals surface area contributed by atoms with Crippen molar-refractivity contribution in [1.82, 2.24) is 10.3 Å². The number of aryl methyl sites for hydroxylation is 1. The van der Waals surface area contributed by atoms with Gasteiger partial charge in [0.2, 0.25) is 0 Å². The summed E-state index contributed by atoms with van der Waals surface area (Å²) < 4.78 is 5.64. The molecule has 96 valence electrons. The van der Waals surface area contributed by atoms with E-state index in [0.29, 0.717) is 12.0 Å². The highest BCUT2D eigenvalue weighted by Crippen LogP contribution is 2.16. The van der Waals surface area contributed by atoms with Crippen molar-refractivity contribution in [2.75, 3.05) is 19.7 Å². The molecule has 3 nitrogen and oxygen atoms in total. The Labute approximate surface area is 105 Å². The number of nitrogens with one attached hydrogen (secondary N) is 1. The van der Waals surface area contributed by atoms with E-state index in [1.165, 1.54) is 6.42 Å². The fraction of sp³-hybridized carbons (Fsp3) is 0.643. The minimum absolute atomic E-state index is 0.397. The van der Waals surface area contributed by atoms with Crippen LogP contribution in [0.15, 0.2) is 18.3 Å². The van der Waals surface area contributed by atoms with E-state index in [4.69, 9.17) is 4.74 Å². The van der Waals surface area contributed by atoms with Crippen molar-refractivity contribution in [3.8, 4) is 5.75 Å². The molecule has 0 saturated carbocycles. The van der Waals surface area contributed by atoms with Gasteiger partial charge >= 0.3 is 0 Å². The molecule has 0 aliphatic carbocycles. The first-order valence-corrected chi connectivity index (χ1v) is 6.24. The summed E-state index contributed by atoms with van der Waals surface area (Å²) in [6, 6.07) is 3.85. The predicted molar refractivity (Wildman–Crippen MR) is 71.4 cm³/mol. The van der Waals surface area contributed by atoms with Gasteiger partial charge in [-0.2, -0.15) is 0 Å². The maximum atomic E-state index is 5.64. The van der Waals surface area contributed by atoms with Gasteiger partial charge in [-0.25, -0.2) is 0 Å². The van der Waals surface area contributed by atoms with Crippen LogP contribution in [0.5, 0.6) is 5.75 Å². The second-order valence-electron chi connectivity index (χ2n) is 5.50. The zero-order valence-corrected chi connectivity index (χ0v) is 11.4. The topological polar surface area (TPSA) is 34.1 Å². The standard InChI is InChI=1S/C14H24N2O/c1-12-13(6-5-8-16-12)17-11-10-15-9-7-14(2,3)4/h5-6,8,15H,7,9-11H2,1-4H3. The summed E-state index contributed by atoms with van der Waals surface area (Å²) in [5, 5.41) is 3.39. The van der Waals surface area contributed by atoms with E-state index >= 15 is 0 Å². The van der Waals surface area contributed by atoms with E-state index in [1.54, 1.807) is 6.20 Å². The Balaban J connectivity index is 2.11. The van der Waals surface area contributed by atoms with E-state index in [-0.39, 0.29) is 0 Å². The van der Waals surface area contributed by atoms with Gasteiger partial charge in [-0.15, -0.1) is 0 Å². The van der Waals surface area contributed by atoms with Gasteiger partial charge in [-0.05, 0) is 37.4 Å². The largest absolute Gasteiger partial charge is 0.490 e. The third-order valence-electron chi connectivity index (χ3n) is 2.55. The Morgan fingerprint density at radius 3 is 2.71 bits per heavy atom. The smallest absolute Gasteiger partial charge is 0.140 e. The SMILES string of the molecule is Cc1ncccc1OCCNCCC(C)(C)C. The quantitative estimate of drug-likeness (QED) is 0.771. The molecular formula is C14H24N2O. The van der Waals surface area contributed by atoms with Crippen molar-refractivity contribution in [2.45, 2.75) is 34.1 Å². The van der Waals surface area contributed by atoms with Crippen molar-refractivity contribution in [1.29, 1.82) is 0 Å². The van der Waals surface area contributed by atoms with Crippen LogP contribution in [0.2, 0.25) is 0 Å². The fourth-order valence-electron chi connectivity index (χ4n) is 1.44. The lowest BCUT2D eigenvalue weighted by atomic mass is 9.92. The van der Waals surface area contributed by atoms with Crippen LogP contribution in [0.1, 0.15) is 32.9 Å². The van der Waals surface area contributed by atoms with Crippen molar-refractivity contribution in [3.63, 3.8) is 0 Å². The van der Waals surface area contributed by atoms with Crippen LogP contribution in [-0.2, 0) is 0 Å². The first-order chi connectivity index (χ1) is 7.99. The van der Waals surface area contributed by atoms with Gasteiger partial charge in [0.25, 0.3) is 0 Å². The minimum Gasteiger partial charge on any atom is -0.490 e. The highest BCUT2D eigenvalue weighted by atomic mass is 16.5. The Bertz CT molecular complexity index is 331. The molecule has 1 N–H and O–H groups in total. The van der Waals surface area contributed by atoms with Gasteiger partial charge in [0, 0.05) is 12.7 Å². The molecule has 0 amide bonds. The second-order valence-corrected chi connectivity index (χ2v) is 5.50. The number of rotatable bonds is 6. The van der Waals surface area contributed by atoms with Gasteiger partial charge in [0.15, 0.2) is 0 Å². The summed E-state index contributed by atoms with van der Waals surface area (Å²) in [6.07, 6.45) is 2.96. The van der Waals surface area contributed by atoms with Crippen LogP contribution in [0.3, 0.4) is 0 Å². The fourth-order valence-corrected chi connectivity index (χ4v) is 1.44. The van der Waals surface area contributed by atoms with E-state index in [9.17, 15) is 0 Å². The predicted octanol–water partition coefficient (Wildman–Crippen LogP) is 2.79. The molecule has 0 aromatic carbocycles. The molecule has 1 rings (SSSR count). The normalized spacial score (nSPS) is 11.5. The average Bonchev–Trinajstić information content (AvgIpc) is 2.24. The van der Waals surface area contributed by atoms with Crippen molar-refractivity contribution >= 4 is 0 Å². The summed E-state index contributed by atoms with van der Waals surface area (Å²) in [5.74, 6) is 0.880. The molecule has 1 aromatic rings. The number of hydrogen-bond donors (Lipinski definition) is 1. The highest BCUT2D eigenvalue weighted by molar-refractivity contribution is 5.25. The minimum atomic E-state index is 0.397. The molecule has 0 radical (unpaired) electrons. The Hall–Kier alpha value is -1.09. The molecule has 3 heteroatoms. The second kappa shape index (κ2) is 6.60. The molecule has 0 aliphatic heterocycles. The Morgan fingerprint density at radius 2 is 2.06 bits per heavy atom. The van der Waals surface area contributed by atoms with Crippen LogP contribution >= 0.6 is 0 Å². The molecule has 17 heavy (non-hydrogen) atoms. The van der Waals surface area contributed by atoms with Crippen molar-refractivity contribution in [3.05, 3.63) is 24.0 Å². The van der Waals surface area contributed by atoms with E-state index < -0.39 is 0 Å². The molecule has 0 aliphatic rings. The number of ether oxygens (including phenoxy) is 1. The zero-order valence-electron chi connectivity index (χ0n) is 11.4. The third kappa shape index (κ3) is 6.27. The van der Waals surface area contributed by atoms with Crippen LogP contribution in [0, 0.1) is 12.3 Å². The van der Waals surface area contributed by atoms with Gasteiger partial charge in [-0.1, -0.05) is 20.8 Å². The summed E-state index contributed by atoms with van der Waals surface area (Å²) in [7, 11) is 0. The highest BCUT2D eigenvalue weighted by Gasteiger charge is 2.08. The van der Waals surface area contributed by atoms with Crippen LogP contribution in [0.25, 0.3) is 0 Å². The van der Waals surface area contributed by atoms with Crippen LogP contribution in [0.4, 0.5) is 0 Å². The summed E-state index contributed by atoms with van der Waals surface area (Å²) in [4.78, 5) is 4.18. The maximum Gasteiger partial charge on any atom is 0.140 e. The van der Waals surface area contributed by atoms with Crippen molar-refractivity contribution in [2.24, 2.45) is 5.41 Å². The van der Waals surface area contributed by atoms with Gasteiger partial charge in [-0.3, -0.25) is 4.98 Å². The molecule has 0 bridgehead atoms. The van der Waals surface area contributed by atoms with Crippen molar-refractivity contribution < 1.29 is 4.74 Å². The Morgan fingerprint density at radius 1 is 1.29 bits per heavy atom. The third-order valence-corrected chi connectivity index (χ3v) is 2.55. The summed E-state index contributed by atoms with van der Waals surface area (Å²) in [5.41, 5.74) is 1.34. The zero-order chi connectivity index (χ0) is 12.7. The lowest BCUT2D eigenvalue weighted by Gasteiger charge is -2.18. The molecule has 1 heterocycles. The molecule has 0 atom stereocenters. The lowest BCUT2D eigenvalue weighted by molar-refractivity contribution is 0.301. The number of aromatic nitrogens is 1. The van der Waals surface area contributed by atoms with Gasteiger partial charge in [0.1, 0.15) is 12.4 Å². The molecule has 0 fully saturated rings. The molecular weight excluding hydrogens is 212 g/mol. The van der Waals surface area contributed by atoms with Gasteiger partial charge < -0.3 is 10.1 Å². The maximum absolute atomic E-state index is 5.64. The Kier molecular flexibility index (Phi) is 5.42. The average molecular weight is 236 g/mol. The molecule has 0 unspecified atom stereocenters. The molecule has 0 saturated heterocycles.